The van der Waals surface area contributed by atoms with Crippen molar-refractivity contribution in [1.82, 2.24) is 0 Å². The van der Waals surface area contributed by atoms with E-state index in [4.69, 9.17) is 34.8 Å². The minimum atomic E-state index is -3.76. The summed E-state index contributed by atoms with van der Waals surface area (Å²) in [6, 6.07) is 8.42. The van der Waals surface area contributed by atoms with Gasteiger partial charge in [0.15, 0.2) is 0 Å². The molecular weight excluding hydrogens is 419 g/mol. The zero-order chi connectivity index (χ0) is 19.6. The van der Waals surface area contributed by atoms with Gasteiger partial charge in [0.25, 0.3) is 0 Å². The summed E-state index contributed by atoms with van der Waals surface area (Å²) in [7, 11) is -3.76. The number of hydrogen-bond acceptors (Lipinski definition) is 3. The highest BCUT2D eigenvalue weighted by molar-refractivity contribution is 7.92. The number of anilines is 2. The number of carbonyl (C=O) groups is 1. The summed E-state index contributed by atoms with van der Waals surface area (Å²) in [5.74, 6) is -0.557. The highest BCUT2D eigenvalue weighted by atomic mass is 35.5. The van der Waals surface area contributed by atoms with Gasteiger partial charge < -0.3 is 5.32 Å². The molecule has 2 aromatic rings. The van der Waals surface area contributed by atoms with E-state index < -0.39 is 22.0 Å². The summed E-state index contributed by atoms with van der Waals surface area (Å²) in [6.45, 7) is 3.22. The van der Waals surface area contributed by atoms with Crippen LogP contribution in [0.3, 0.4) is 0 Å². The van der Waals surface area contributed by atoms with Crippen molar-refractivity contribution in [2.45, 2.75) is 19.9 Å². The molecule has 0 saturated carbocycles. The number of aryl methyl sites for hydroxylation is 1. The second-order valence-corrected chi connectivity index (χ2v) is 8.92. The fourth-order valence-corrected chi connectivity index (χ4v) is 4.16. The van der Waals surface area contributed by atoms with E-state index in [-0.39, 0.29) is 0 Å². The Kier molecular flexibility index (Phi) is 6.45. The lowest BCUT2D eigenvalue weighted by Crippen LogP contribution is -2.45. The summed E-state index contributed by atoms with van der Waals surface area (Å²) >= 11 is 18.0. The predicted octanol–water partition coefficient (Wildman–Crippen LogP) is 4.75. The van der Waals surface area contributed by atoms with Gasteiger partial charge in [-0.15, -0.1) is 0 Å². The second-order valence-electron chi connectivity index (χ2n) is 5.78. The Morgan fingerprint density at radius 3 is 2.27 bits per heavy atom. The lowest BCUT2D eigenvalue weighted by molar-refractivity contribution is -0.116. The van der Waals surface area contributed by atoms with E-state index in [1.807, 2.05) is 0 Å². The first-order valence-electron chi connectivity index (χ1n) is 7.52. The minimum Gasteiger partial charge on any atom is -0.323 e. The van der Waals surface area contributed by atoms with Gasteiger partial charge in [0.2, 0.25) is 15.9 Å². The van der Waals surface area contributed by atoms with Crippen LogP contribution in [0.4, 0.5) is 11.4 Å². The van der Waals surface area contributed by atoms with E-state index in [2.05, 4.69) is 5.32 Å². The average Bonchev–Trinajstić information content (AvgIpc) is 2.53. The number of sulfonamides is 1. The first-order chi connectivity index (χ1) is 12.0. The standard InChI is InChI=1S/C17H17Cl3N2O3S/c1-10-4-5-13(19)9-16(10)22(26(3,24)25)11(2)17(23)21-15-8-12(18)6-7-14(15)20/h4-9,11H,1-3H3,(H,21,23)/t11-/m1/s1. The van der Waals surface area contributed by atoms with Gasteiger partial charge in [-0.3, -0.25) is 9.10 Å². The van der Waals surface area contributed by atoms with Gasteiger partial charge in [-0.1, -0.05) is 40.9 Å². The zero-order valence-electron chi connectivity index (χ0n) is 14.3. The summed E-state index contributed by atoms with van der Waals surface area (Å²) in [6.07, 6.45) is 1.03. The smallest absolute Gasteiger partial charge is 0.248 e. The first-order valence-corrected chi connectivity index (χ1v) is 10.5. The number of hydrogen-bond donors (Lipinski definition) is 1. The van der Waals surface area contributed by atoms with Crippen molar-refractivity contribution < 1.29 is 13.2 Å². The zero-order valence-corrected chi connectivity index (χ0v) is 17.3. The molecule has 0 saturated heterocycles. The molecule has 2 aromatic carbocycles. The third-order valence-electron chi connectivity index (χ3n) is 3.68. The van der Waals surface area contributed by atoms with Gasteiger partial charge in [-0.05, 0) is 49.7 Å². The largest absolute Gasteiger partial charge is 0.323 e. The van der Waals surface area contributed by atoms with E-state index >= 15 is 0 Å². The van der Waals surface area contributed by atoms with Crippen LogP contribution in [0.15, 0.2) is 36.4 Å². The van der Waals surface area contributed by atoms with Gasteiger partial charge in [0, 0.05) is 10.0 Å². The molecule has 5 nitrogen and oxygen atoms in total. The highest BCUT2D eigenvalue weighted by Crippen LogP contribution is 2.30. The van der Waals surface area contributed by atoms with Crippen molar-refractivity contribution >= 4 is 62.1 Å². The SMILES string of the molecule is Cc1ccc(Cl)cc1N([C@H](C)C(=O)Nc1cc(Cl)ccc1Cl)S(C)(=O)=O. The fraction of sp³-hybridized carbons (Fsp3) is 0.235. The Balaban J connectivity index is 2.41. The molecule has 140 valence electrons. The number of carbonyl (C=O) groups excluding carboxylic acids is 1. The molecule has 0 radical (unpaired) electrons. The van der Waals surface area contributed by atoms with E-state index in [1.54, 1.807) is 31.2 Å². The molecule has 1 amide bonds. The molecule has 0 aliphatic carbocycles. The van der Waals surface area contributed by atoms with Gasteiger partial charge in [-0.2, -0.15) is 0 Å². The summed E-state index contributed by atoms with van der Waals surface area (Å²) in [4.78, 5) is 12.7. The van der Waals surface area contributed by atoms with Crippen LogP contribution >= 0.6 is 34.8 Å². The topological polar surface area (TPSA) is 66.5 Å². The summed E-state index contributed by atoms with van der Waals surface area (Å²) in [5, 5.41) is 3.66. The van der Waals surface area contributed by atoms with Crippen molar-refractivity contribution in [1.29, 1.82) is 0 Å². The van der Waals surface area contributed by atoms with Gasteiger partial charge in [-0.25, -0.2) is 8.42 Å². The minimum absolute atomic E-state index is 0.291. The molecule has 0 unspecified atom stereocenters. The van der Waals surface area contributed by atoms with E-state index in [0.717, 1.165) is 10.6 Å². The lowest BCUT2D eigenvalue weighted by atomic mass is 10.1. The molecule has 0 aliphatic rings. The van der Waals surface area contributed by atoms with Gasteiger partial charge in [0.05, 0.1) is 22.7 Å². The van der Waals surface area contributed by atoms with E-state index in [0.29, 0.717) is 32.0 Å². The molecule has 0 spiro atoms. The Labute approximate surface area is 167 Å². The van der Waals surface area contributed by atoms with Crippen LogP contribution in [-0.2, 0) is 14.8 Å². The first kappa shape index (κ1) is 20.8. The number of nitrogens with zero attached hydrogens (tertiary/aromatic N) is 1. The van der Waals surface area contributed by atoms with E-state index in [1.165, 1.54) is 19.1 Å². The average molecular weight is 436 g/mol. The molecule has 1 atom stereocenters. The van der Waals surface area contributed by atoms with Crippen molar-refractivity contribution in [3.05, 3.63) is 57.0 Å². The van der Waals surface area contributed by atoms with E-state index in [9.17, 15) is 13.2 Å². The third kappa shape index (κ3) is 4.82. The maximum absolute atomic E-state index is 12.7. The van der Waals surface area contributed by atoms with Gasteiger partial charge >= 0.3 is 0 Å². The van der Waals surface area contributed by atoms with Crippen molar-refractivity contribution in [3.8, 4) is 0 Å². The summed E-state index contributed by atoms with van der Waals surface area (Å²) in [5.41, 5.74) is 1.30. The molecule has 2 rings (SSSR count). The molecular formula is C17H17Cl3N2O3S. The van der Waals surface area contributed by atoms with Crippen molar-refractivity contribution in [2.75, 3.05) is 15.9 Å². The number of benzene rings is 2. The molecule has 26 heavy (non-hydrogen) atoms. The van der Waals surface area contributed by atoms with Crippen LogP contribution in [0.5, 0.6) is 0 Å². The van der Waals surface area contributed by atoms with Crippen molar-refractivity contribution in [3.63, 3.8) is 0 Å². The van der Waals surface area contributed by atoms with Crippen LogP contribution in [0.25, 0.3) is 0 Å². The van der Waals surface area contributed by atoms with Crippen LogP contribution < -0.4 is 9.62 Å². The van der Waals surface area contributed by atoms with Crippen LogP contribution in [-0.4, -0.2) is 26.6 Å². The molecule has 0 fully saturated rings. The number of halogens is 3. The van der Waals surface area contributed by atoms with Crippen LogP contribution in [0, 0.1) is 6.92 Å². The number of nitrogens with one attached hydrogen (secondary N) is 1. The Hall–Kier alpha value is -1.47. The maximum Gasteiger partial charge on any atom is 0.248 e. The molecule has 0 aliphatic heterocycles. The van der Waals surface area contributed by atoms with Crippen molar-refractivity contribution in [2.24, 2.45) is 0 Å². The third-order valence-corrected chi connectivity index (χ3v) is 5.71. The second kappa shape index (κ2) is 8.05. The maximum atomic E-state index is 12.7. The highest BCUT2D eigenvalue weighted by Gasteiger charge is 2.30. The Morgan fingerprint density at radius 1 is 1.08 bits per heavy atom. The summed E-state index contributed by atoms with van der Waals surface area (Å²) < 4.78 is 25.8. The molecule has 0 aromatic heterocycles. The van der Waals surface area contributed by atoms with Crippen LogP contribution in [0.2, 0.25) is 15.1 Å². The normalized spacial score (nSPS) is 12.5. The predicted molar refractivity (Wildman–Crippen MR) is 108 cm³/mol. The fourth-order valence-electron chi connectivity index (χ4n) is 2.43. The quantitative estimate of drug-likeness (QED) is 0.737. The number of amides is 1. The molecule has 0 bridgehead atoms. The Bertz CT molecular complexity index is 948. The molecule has 0 heterocycles. The van der Waals surface area contributed by atoms with Crippen LogP contribution in [0.1, 0.15) is 12.5 Å². The molecule has 1 N–H and O–H groups in total. The lowest BCUT2D eigenvalue weighted by Gasteiger charge is -2.29. The monoisotopic (exact) mass is 434 g/mol. The molecule has 9 heteroatoms. The number of rotatable bonds is 5. The van der Waals surface area contributed by atoms with Gasteiger partial charge in [0.1, 0.15) is 6.04 Å². The Morgan fingerprint density at radius 2 is 1.65 bits per heavy atom.